The second-order valence-corrected chi connectivity index (χ2v) is 4.25. The SMILES string of the molecule is CC1=CC=C2CCCCCC2C1. The molecule has 0 bridgehead atoms. The van der Waals surface area contributed by atoms with Crippen LogP contribution in [0.2, 0.25) is 0 Å². The Labute approximate surface area is 75.4 Å². The Bertz CT molecular complexity index is 220. The van der Waals surface area contributed by atoms with Gasteiger partial charge in [0.15, 0.2) is 0 Å². The molecule has 12 heavy (non-hydrogen) atoms. The summed E-state index contributed by atoms with van der Waals surface area (Å²) in [7, 11) is 0. The number of fused-ring (bicyclic) bond motifs is 1. The molecular weight excluding hydrogens is 144 g/mol. The highest BCUT2D eigenvalue weighted by molar-refractivity contribution is 5.25. The third kappa shape index (κ3) is 1.63. The third-order valence-corrected chi connectivity index (χ3v) is 3.19. The van der Waals surface area contributed by atoms with Crippen molar-refractivity contribution >= 4 is 0 Å². The molecule has 0 heterocycles. The van der Waals surface area contributed by atoms with Crippen molar-refractivity contribution in [2.75, 3.05) is 0 Å². The van der Waals surface area contributed by atoms with Gasteiger partial charge in [-0.25, -0.2) is 0 Å². The minimum absolute atomic E-state index is 0.914. The molecule has 1 atom stereocenters. The zero-order chi connectivity index (χ0) is 8.39. The van der Waals surface area contributed by atoms with Crippen LogP contribution in [0.15, 0.2) is 23.3 Å². The molecule has 0 nitrogen and oxygen atoms in total. The largest absolute Gasteiger partial charge is 0.0727 e. The molecule has 0 heteroatoms. The van der Waals surface area contributed by atoms with Gasteiger partial charge in [-0.05, 0) is 38.5 Å². The molecule has 66 valence electrons. The first-order valence-electron chi connectivity index (χ1n) is 5.22. The Hall–Kier alpha value is -0.520. The summed E-state index contributed by atoms with van der Waals surface area (Å²) in [4.78, 5) is 0. The van der Waals surface area contributed by atoms with Crippen LogP contribution >= 0.6 is 0 Å². The molecule has 2 aliphatic carbocycles. The van der Waals surface area contributed by atoms with E-state index in [-0.39, 0.29) is 0 Å². The van der Waals surface area contributed by atoms with Crippen molar-refractivity contribution in [1.29, 1.82) is 0 Å². The molecule has 0 aromatic rings. The summed E-state index contributed by atoms with van der Waals surface area (Å²) >= 11 is 0. The fourth-order valence-electron chi connectivity index (χ4n) is 2.44. The van der Waals surface area contributed by atoms with Crippen molar-refractivity contribution < 1.29 is 0 Å². The van der Waals surface area contributed by atoms with E-state index in [1.807, 2.05) is 0 Å². The lowest BCUT2D eigenvalue weighted by molar-refractivity contribution is 0.538. The summed E-state index contributed by atoms with van der Waals surface area (Å²) < 4.78 is 0. The molecule has 1 fully saturated rings. The van der Waals surface area contributed by atoms with Crippen LogP contribution in [0.4, 0.5) is 0 Å². The summed E-state index contributed by atoms with van der Waals surface area (Å²) in [6.45, 7) is 2.26. The predicted molar refractivity (Wildman–Crippen MR) is 53.0 cm³/mol. The molecule has 1 unspecified atom stereocenters. The molecule has 0 spiro atoms. The molecule has 0 aliphatic heterocycles. The number of hydrogen-bond donors (Lipinski definition) is 0. The van der Waals surface area contributed by atoms with Crippen LogP contribution in [-0.2, 0) is 0 Å². The smallest absolute Gasteiger partial charge is 0.0163 e. The Morgan fingerprint density at radius 1 is 1.17 bits per heavy atom. The first-order chi connectivity index (χ1) is 5.86. The van der Waals surface area contributed by atoms with Crippen LogP contribution in [0.1, 0.15) is 45.4 Å². The lowest BCUT2D eigenvalue weighted by atomic mass is 9.84. The summed E-state index contributed by atoms with van der Waals surface area (Å²) in [5, 5.41) is 0. The van der Waals surface area contributed by atoms with E-state index in [9.17, 15) is 0 Å². The van der Waals surface area contributed by atoms with Gasteiger partial charge in [0.05, 0.1) is 0 Å². The van der Waals surface area contributed by atoms with Crippen LogP contribution in [0.25, 0.3) is 0 Å². The summed E-state index contributed by atoms with van der Waals surface area (Å²) in [5.41, 5.74) is 3.31. The van der Waals surface area contributed by atoms with E-state index in [1.54, 1.807) is 11.1 Å². The Morgan fingerprint density at radius 2 is 2.08 bits per heavy atom. The maximum absolute atomic E-state index is 2.38. The standard InChI is InChI=1S/C12H18/c1-10-7-8-11-5-3-2-4-6-12(11)9-10/h7-8,12H,2-6,9H2,1H3. The zero-order valence-electron chi connectivity index (χ0n) is 7.97. The Morgan fingerprint density at radius 3 is 3.00 bits per heavy atom. The van der Waals surface area contributed by atoms with Crippen molar-refractivity contribution in [3.05, 3.63) is 23.3 Å². The molecular formula is C12H18. The minimum atomic E-state index is 0.914. The van der Waals surface area contributed by atoms with Crippen molar-refractivity contribution in [2.45, 2.75) is 45.4 Å². The molecule has 0 saturated heterocycles. The monoisotopic (exact) mass is 162 g/mol. The normalized spacial score (nSPS) is 29.9. The predicted octanol–water partition coefficient (Wildman–Crippen LogP) is 3.84. The summed E-state index contributed by atoms with van der Waals surface area (Å²) in [6.07, 6.45) is 13.2. The van der Waals surface area contributed by atoms with Gasteiger partial charge >= 0.3 is 0 Å². The highest BCUT2D eigenvalue weighted by atomic mass is 14.2. The molecule has 0 radical (unpaired) electrons. The third-order valence-electron chi connectivity index (χ3n) is 3.19. The van der Waals surface area contributed by atoms with Crippen LogP contribution in [-0.4, -0.2) is 0 Å². The Kier molecular flexibility index (Phi) is 2.34. The van der Waals surface area contributed by atoms with Crippen LogP contribution < -0.4 is 0 Å². The second-order valence-electron chi connectivity index (χ2n) is 4.25. The van der Waals surface area contributed by atoms with E-state index in [1.165, 1.54) is 38.5 Å². The van der Waals surface area contributed by atoms with Crippen molar-refractivity contribution in [3.63, 3.8) is 0 Å². The average Bonchev–Trinajstić information content (AvgIpc) is 2.28. The number of rotatable bonds is 0. The van der Waals surface area contributed by atoms with E-state index >= 15 is 0 Å². The topological polar surface area (TPSA) is 0 Å². The van der Waals surface area contributed by atoms with E-state index < -0.39 is 0 Å². The van der Waals surface area contributed by atoms with Gasteiger partial charge in [0.2, 0.25) is 0 Å². The van der Waals surface area contributed by atoms with Crippen molar-refractivity contribution in [1.82, 2.24) is 0 Å². The zero-order valence-corrected chi connectivity index (χ0v) is 7.97. The van der Waals surface area contributed by atoms with Gasteiger partial charge in [-0.3, -0.25) is 0 Å². The lowest BCUT2D eigenvalue weighted by Gasteiger charge is -2.21. The molecule has 1 saturated carbocycles. The van der Waals surface area contributed by atoms with Crippen LogP contribution in [0.3, 0.4) is 0 Å². The van der Waals surface area contributed by atoms with Crippen LogP contribution in [0.5, 0.6) is 0 Å². The highest BCUT2D eigenvalue weighted by Crippen LogP contribution is 2.35. The quantitative estimate of drug-likeness (QED) is 0.507. The maximum atomic E-state index is 2.38. The number of hydrogen-bond acceptors (Lipinski definition) is 0. The van der Waals surface area contributed by atoms with E-state index in [2.05, 4.69) is 19.1 Å². The average molecular weight is 162 g/mol. The van der Waals surface area contributed by atoms with Crippen LogP contribution in [0, 0.1) is 5.92 Å². The number of allylic oxidation sites excluding steroid dienone is 4. The van der Waals surface area contributed by atoms with E-state index in [0.717, 1.165) is 5.92 Å². The van der Waals surface area contributed by atoms with Gasteiger partial charge in [0.1, 0.15) is 0 Å². The van der Waals surface area contributed by atoms with Crippen molar-refractivity contribution in [2.24, 2.45) is 5.92 Å². The summed E-state index contributed by atoms with van der Waals surface area (Å²) in [5.74, 6) is 0.914. The molecule has 0 amide bonds. The molecule has 0 aromatic carbocycles. The van der Waals surface area contributed by atoms with Gasteiger partial charge in [0, 0.05) is 0 Å². The van der Waals surface area contributed by atoms with E-state index in [0.29, 0.717) is 0 Å². The fraction of sp³-hybridized carbons (Fsp3) is 0.667. The first-order valence-corrected chi connectivity index (χ1v) is 5.22. The van der Waals surface area contributed by atoms with E-state index in [4.69, 9.17) is 0 Å². The summed E-state index contributed by atoms with van der Waals surface area (Å²) in [6, 6.07) is 0. The van der Waals surface area contributed by atoms with Gasteiger partial charge in [-0.2, -0.15) is 0 Å². The highest BCUT2D eigenvalue weighted by Gasteiger charge is 2.19. The molecule has 0 N–H and O–H groups in total. The van der Waals surface area contributed by atoms with Crippen molar-refractivity contribution in [3.8, 4) is 0 Å². The molecule has 2 aliphatic rings. The minimum Gasteiger partial charge on any atom is -0.0727 e. The first kappa shape index (κ1) is 8.10. The van der Waals surface area contributed by atoms with Gasteiger partial charge in [-0.15, -0.1) is 0 Å². The molecule has 0 aromatic heterocycles. The van der Waals surface area contributed by atoms with Gasteiger partial charge < -0.3 is 0 Å². The maximum Gasteiger partial charge on any atom is -0.0163 e. The van der Waals surface area contributed by atoms with Gasteiger partial charge in [0.25, 0.3) is 0 Å². The fourth-order valence-corrected chi connectivity index (χ4v) is 2.44. The second kappa shape index (κ2) is 3.47. The van der Waals surface area contributed by atoms with Gasteiger partial charge in [-0.1, -0.05) is 36.1 Å². The molecule has 2 rings (SSSR count). The lowest BCUT2D eigenvalue weighted by Crippen LogP contribution is -2.06. The Balaban J connectivity index is 2.14.